The Morgan fingerprint density at radius 3 is 2.74 bits per heavy atom. The second-order valence-corrected chi connectivity index (χ2v) is 7.33. The molecular weight excluding hydrogens is 288 g/mol. The third-order valence-electron chi connectivity index (χ3n) is 4.69. The van der Waals surface area contributed by atoms with Crippen LogP contribution in [0.15, 0.2) is 18.2 Å². The molecule has 2 rings (SSSR count). The van der Waals surface area contributed by atoms with Crippen molar-refractivity contribution in [1.82, 2.24) is 10.3 Å². The zero-order chi connectivity index (χ0) is 16.9. The lowest BCUT2D eigenvalue weighted by atomic mass is 9.79. The van der Waals surface area contributed by atoms with Crippen molar-refractivity contribution in [2.24, 2.45) is 11.7 Å². The largest absolute Gasteiger partial charge is 0.385 e. The molecular formula is C18H28N4O. The zero-order valence-electron chi connectivity index (χ0n) is 14.1. The Morgan fingerprint density at radius 2 is 2.09 bits per heavy atom. The average molecular weight is 316 g/mol. The number of nitrogens with one attached hydrogen (secondary N) is 1. The van der Waals surface area contributed by atoms with E-state index in [2.05, 4.69) is 24.1 Å². The van der Waals surface area contributed by atoms with E-state index in [1.807, 2.05) is 6.07 Å². The van der Waals surface area contributed by atoms with Gasteiger partial charge < -0.3 is 16.2 Å². The van der Waals surface area contributed by atoms with Crippen molar-refractivity contribution >= 4 is 0 Å². The molecule has 1 aliphatic carbocycles. The Hall–Kier alpha value is -1.48. The molecule has 126 valence electrons. The van der Waals surface area contributed by atoms with Crippen LogP contribution in [0.4, 0.5) is 0 Å². The SMILES string of the molecule is CC(C)(CC1CCC(N)CC1)NC[C@H](O)c1cccc(C#N)n1. The third-order valence-corrected chi connectivity index (χ3v) is 4.69. The molecule has 0 unspecified atom stereocenters. The second-order valence-electron chi connectivity index (χ2n) is 7.33. The van der Waals surface area contributed by atoms with Crippen molar-refractivity contribution in [2.45, 2.75) is 63.6 Å². The van der Waals surface area contributed by atoms with Gasteiger partial charge in [0.05, 0.1) is 5.69 Å². The molecule has 5 nitrogen and oxygen atoms in total. The van der Waals surface area contributed by atoms with E-state index in [4.69, 9.17) is 11.0 Å². The summed E-state index contributed by atoms with van der Waals surface area (Å²) in [5, 5.41) is 22.6. The summed E-state index contributed by atoms with van der Waals surface area (Å²) in [7, 11) is 0. The summed E-state index contributed by atoms with van der Waals surface area (Å²) >= 11 is 0. The van der Waals surface area contributed by atoms with Gasteiger partial charge in [0.2, 0.25) is 0 Å². The van der Waals surface area contributed by atoms with Crippen LogP contribution in [-0.2, 0) is 0 Å². The van der Waals surface area contributed by atoms with Gasteiger partial charge in [0.1, 0.15) is 17.9 Å². The van der Waals surface area contributed by atoms with Crippen LogP contribution in [0.5, 0.6) is 0 Å². The van der Waals surface area contributed by atoms with E-state index in [1.165, 1.54) is 12.8 Å². The Balaban J connectivity index is 1.84. The fourth-order valence-electron chi connectivity index (χ4n) is 3.36. The van der Waals surface area contributed by atoms with Gasteiger partial charge in [-0.15, -0.1) is 0 Å². The molecule has 0 saturated heterocycles. The van der Waals surface area contributed by atoms with Crippen molar-refractivity contribution in [2.75, 3.05) is 6.54 Å². The number of aliphatic hydroxyl groups is 1. The van der Waals surface area contributed by atoms with Crippen LogP contribution in [0.25, 0.3) is 0 Å². The van der Waals surface area contributed by atoms with Crippen LogP contribution in [0.1, 0.15) is 63.4 Å². The van der Waals surface area contributed by atoms with E-state index in [0.717, 1.165) is 19.3 Å². The fourth-order valence-corrected chi connectivity index (χ4v) is 3.36. The normalized spacial score (nSPS) is 23.3. The van der Waals surface area contributed by atoms with Crippen LogP contribution in [0, 0.1) is 17.2 Å². The molecule has 1 aromatic rings. The lowest BCUT2D eigenvalue weighted by Gasteiger charge is -2.34. The lowest BCUT2D eigenvalue weighted by molar-refractivity contribution is 0.146. The van der Waals surface area contributed by atoms with E-state index in [9.17, 15) is 5.11 Å². The van der Waals surface area contributed by atoms with Crippen molar-refractivity contribution < 1.29 is 5.11 Å². The van der Waals surface area contributed by atoms with Crippen LogP contribution in [-0.4, -0.2) is 28.2 Å². The van der Waals surface area contributed by atoms with Crippen molar-refractivity contribution in [1.29, 1.82) is 5.26 Å². The molecule has 0 spiro atoms. The minimum atomic E-state index is -0.706. The number of rotatable bonds is 6. The topological polar surface area (TPSA) is 95.0 Å². The first-order valence-electron chi connectivity index (χ1n) is 8.45. The van der Waals surface area contributed by atoms with Gasteiger partial charge in [-0.05, 0) is 64.0 Å². The number of nitriles is 1. The van der Waals surface area contributed by atoms with Gasteiger partial charge in [0.25, 0.3) is 0 Å². The minimum Gasteiger partial charge on any atom is -0.385 e. The molecule has 1 heterocycles. The molecule has 0 aromatic carbocycles. The van der Waals surface area contributed by atoms with Crippen molar-refractivity contribution in [3.63, 3.8) is 0 Å². The van der Waals surface area contributed by atoms with E-state index >= 15 is 0 Å². The highest BCUT2D eigenvalue weighted by molar-refractivity contribution is 5.23. The Kier molecular flexibility index (Phi) is 6.11. The van der Waals surface area contributed by atoms with E-state index in [-0.39, 0.29) is 5.54 Å². The van der Waals surface area contributed by atoms with Gasteiger partial charge in [-0.25, -0.2) is 4.98 Å². The first-order valence-corrected chi connectivity index (χ1v) is 8.45. The number of nitrogens with zero attached hydrogens (tertiary/aromatic N) is 2. The second kappa shape index (κ2) is 7.87. The van der Waals surface area contributed by atoms with Crippen LogP contribution in [0.3, 0.4) is 0 Å². The molecule has 0 bridgehead atoms. The zero-order valence-corrected chi connectivity index (χ0v) is 14.1. The number of β-amino-alcohol motifs (C(OH)–C–C–N with tert-alkyl or cyclic N) is 1. The predicted octanol–water partition coefficient (Wildman–Crippen LogP) is 2.26. The maximum atomic E-state index is 10.3. The molecule has 5 heteroatoms. The summed E-state index contributed by atoms with van der Waals surface area (Å²) < 4.78 is 0. The number of hydrogen-bond acceptors (Lipinski definition) is 5. The first-order chi connectivity index (χ1) is 10.9. The summed E-state index contributed by atoms with van der Waals surface area (Å²) in [5.74, 6) is 0.703. The number of aromatic nitrogens is 1. The van der Waals surface area contributed by atoms with Crippen molar-refractivity contribution in [3.8, 4) is 6.07 Å². The molecule has 0 radical (unpaired) electrons. The molecule has 1 saturated carbocycles. The third kappa shape index (κ3) is 5.58. The van der Waals surface area contributed by atoms with E-state index in [1.54, 1.807) is 18.2 Å². The quantitative estimate of drug-likeness (QED) is 0.748. The average Bonchev–Trinajstić information content (AvgIpc) is 2.55. The van der Waals surface area contributed by atoms with Gasteiger partial charge in [-0.1, -0.05) is 6.07 Å². The molecule has 4 N–H and O–H groups in total. The smallest absolute Gasteiger partial charge is 0.140 e. The summed E-state index contributed by atoms with van der Waals surface area (Å²) in [6.07, 6.45) is 5.00. The summed E-state index contributed by atoms with van der Waals surface area (Å²) in [4.78, 5) is 4.15. The predicted molar refractivity (Wildman–Crippen MR) is 90.5 cm³/mol. The molecule has 1 aromatic heterocycles. The highest BCUT2D eigenvalue weighted by Crippen LogP contribution is 2.30. The standard InChI is InChI=1S/C18H28N4O/c1-18(2,10-13-6-8-14(20)9-7-13)21-12-17(23)16-5-3-4-15(11-19)22-16/h3-5,13-14,17,21,23H,6-10,12,20H2,1-2H3/t13?,14?,17-/m0/s1. The molecule has 1 fully saturated rings. The van der Waals surface area contributed by atoms with Crippen LogP contribution < -0.4 is 11.1 Å². The number of pyridine rings is 1. The maximum Gasteiger partial charge on any atom is 0.140 e. The molecule has 0 aliphatic heterocycles. The minimum absolute atomic E-state index is 0.0417. The van der Waals surface area contributed by atoms with Crippen LogP contribution >= 0.6 is 0 Å². The molecule has 1 atom stereocenters. The molecule has 0 amide bonds. The van der Waals surface area contributed by atoms with Gasteiger partial charge in [-0.2, -0.15) is 5.26 Å². The Morgan fingerprint density at radius 1 is 1.39 bits per heavy atom. The summed E-state index contributed by atoms with van der Waals surface area (Å²) in [6.45, 7) is 4.78. The number of aliphatic hydroxyl groups excluding tert-OH is 1. The van der Waals surface area contributed by atoms with E-state index < -0.39 is 6.10 Å². The van der Waals surface area contributed by atoms with Crippen molar-refractivity contribution in [3.05, 3.63) is 29.6 Å². The van der Waals surface area contributed by atoms with Gasteiger partial charge in [0.15, 0.2) is 0 Å². The highest BCUT2D eigenvalue weighted by Gasteiger charge is 2.27. The number of hydrogen-bond donors (Lipinski definition) is 3. The monoisotopic (exact) mass is 316 g/mol. The summed E-state index contributed by atoms with van der Waals surface area (Å²) in [5.41, 5.74) is 6.80. The highest BCUT2D eigenvalue weighted by atomic mass is 16.3. The van der Waals surface area contributed by atoms with Crippen LogP contribution in [0.2, 0.25) is 0 Å². The molecule has 23 heavy (non-hydrogen) atoms. The van der Waals surface area contributed by atoms with Gasteiger partial charge in [-0.3, -0.25) is 0 Å². The first kappa shape index (κ1) is 17.9. The molecule has 1 aliphatic rings. The number of nitrogens with two attached hydrogens (primary N) is 1. The van der Waals surface area contributed by atoms with Gasteiger partial charge >= 0.3 is 0 Å². The lowest BCUT2D eigenvalue weighted by Crippen LogP contribution is -2.44. The fraction of sp³-hybridized carbons (Fsp3) is 0.667. The Labute approximate surface area is 138 Å². The van der Waals surface area contributed by atoms with E-state index in [0.29, 0.717) is 29.9 Å². The maximum absolute atomic E-state index is 10.3. The Bertz CT molecular complexity index is 544. The summed E-state index contributed by atoms with van der Waals surface area (Å²) in [6, 6.07) is 7.52. The van der Waals surface area contributed by atoms with Gasteiger partial charge in [0, 0.05) is 18.1 Å².